The van der Waals surface area contributed by atoms with Crippen molar-refractivity contribution in [2.24, 2.45) is 0 Å². The first-order chi connectivity index (χ1) is 11.8. The van der Waals surface area contributed by atoms with E-state index >= 15 is 0 Å². The molecule has 0 unspecified atom stereocenters. The van der Waals surface area contributed by atoms with Crippen molar-refractivity contribution >= 4 is 46.8 Å². The molecule has 25 heavy (non-hydrogen) atoms. The van der Waals surface area contributed by atoms with Gasteiger partial charge in [-0.15, -0.1) is 0 Å². The molecule has 2 aromatic carbocycles. The molecule has 0 heterocycles. The van der Waals surface area contributed by atoms with Crippen LogP contribution >= 0.6 is 23.2 Å². The lowest BCUT2D eigenvalue weighted by atomic mass is 10.1. The van der Waals surface area contributed by atoms with Crippen molar-refractivity contribution in [1.82, 2.24) is 0 Å². The largest absolute Gasteiger partial charge is 0.452 e. The van der Waals surface area contributed by atoms with Gasteiger partial charge >= 0.3 is 5.97 Å². The number of nitrogens with one attached hydrogen (secondary N) is 1. The molecule has 0 fully saturated rings. The van der Waals surface area contributed by atoms with E-state index in [2.05, 4.69) is 5.32 Å². The first-order valence-electron chi connectivity index (χ1n) is 7.52. The fourth-order valence-electron chi connectivity index (χ4n) is 2.17. The molecule has 0 saturated heterocycles. The summed E-state index contributed by atoms with van der Waals surface area (Å²) in [6.45, 7) is 3.36. The van der Waals surface area contributed by atoms with E-state index in [-0.39, 0.29) is 0 Å². The Morgan fingerprint density at radius 1 is 1.12 bits per heavy atom. The van der Waals surface area contributed by atoms with Gasteiger partial charge in [0, 0.05) is 11.1 Å². The molecule has 6 heteroatoms. The van der Waals surface area contributed by atoms with Gasteiger partial charge in [-0.3, -0.25) is 4.79 Å². The Kier molecular flexibility index (Phi) is 6.62. The van der Waals surface area contributed by atoms with Crippen molar-refractivity contribution in [1.29, 1.82) is 0 Å². The Hall–Kier alpha value is -2.30. The number of hydrogen-bond acceptors (Lipinski definition) is 3. The van der Waals surface area contributed by atoms with Crippen molar-refractivity contribution in [3.8, 4) is 0 Å². The Bertz CT molecular complexity index is 791. The van der Waals surface area contributed by atoms with Gasteiger partial charge in [-0.25, -0.2) is 4.79 Å². The molecule has 1 amide bonds. The average Bonchev–Trinajstić information content (AvgIpc) is 2.55. The highest BCUT2D eigenvalue weighted by Gasteiger charge is 2.11. The number of aryl methyl sites for hydroxylation is 2. The normalized spacial score (nSPS) is 10.7. The molecule has 1 N–H and O–H groups in total. The summed E-state index contributed by atoms with van der Waals surface area (Å²) < 4.78 is 4.92. The number of ether oxygens (including phenoxy) is 1. The molecule has 0 aliphatic rings. The molecule has 0 aromatic heterocycles. The molecule has 0 atom stereocenters. The quantitative estimate of drug-likeness (QED) is 0.600. The average molecular weight is 378 g/mol. The maximum absolute atomic E-state index is 11.9. The summed E-state index contributed by atoms with van der Waals surface area (Å²) in [5, 5.41) is 3.71. The summed E-state index contributed by atoms with van der Waals surface area (Å²) in [7, 11) is 0. The van der Waals surface area contributed by atoms with Crippen LogP contribution in [-0.2, 0) is 14.3 Å². The number of hydrogen-bond donors (Lipinski definition) is 1. The van der Waals surface area contributed by atoms with Gasteiger partial charge in [-0.1, -0.05) is 41.4 Å². The molecule has 0 saturated carbocycles. The highest BCUT2D eigenvalue weighted by atomic mass is 35.5. The van der Waals surface area contributed by atoms with Crippen molar-refractivity contribution in [3.05, 3.63) is 69.2 Å². The van der Waals surface area contributed by atoms with Gasteiger partial charge in [0.2, 0.25) is 0 Å². The van der Waals surface area contributed by atoms with E-state index in [1.807, 2.05) is 19.9 Å². The zero-order valence-electron chi connectivity index (χ0n) is 13.8. The van der Waals surface area contributed by atoms with Crippen LogP contribution in [0.3, 0.4) is 0 Å². The molecule has 130 valence electrons. The number of benzene rings is 2. The van der Waals surface area contributed by atoms with Crippen molar-refractivity contribution in [3.63, 3.8) is 0 Å². The van der Waals surface area contributed by atoms with Gasteiger partial charge in [0.25, 0.3) is 5.91 Å². The van der Waals surface area contributed by atoms with Gasteiger partial charge in [-0.2, -0.15) is 0 Å². The summed E-state index contributed by atoms with van der Waals surface area (Å²) in [6.07, 6.45) is 2.83. The number of esters is 1. The van der Waals surface area contributed by atoms with Crippen LogP contribution in [0.1, 0.15) is 16.7 Å². The number of amides is 1. The number of halogens is 2. The maximum atomic E-state index is 11.9. The van der Waals surface area contributed by atoms with Crippen LogP contribution in [0.4, 0.5) is 5.69 Å². The van der Waals surface area contributed by atoms with E-state index in [0.717, 1.165) is 16.7 Å². The van der Waals surface area contributed by atoms with E-state index < -0.39 is 18.5 Å². The fraction of sp³-hybridized carbons (Fsp3) is 0.158. The third-order valence-electron chi connectivity index (χ3n) is 3.32. The lowest BCUT2D eigenvalue weighted by molar-refractivity contribution is -0.142. The highest BCUT2D eigenvalue weighted by molar-refractivity contribution is 6.34. The van der Waals surface area contributed by atoms with E-state index in [4.69, 9.17) is 27.9 Å². The van der Waals surface area contributed by atoms with Gasteiger partial charge in [0.15, 0.2) is 6.61 Å². The van der Waals surface area contributed by atoms with Crippen LogP contribution in [0.15, 0.2) is 42.5 Å². The molecule has 0 spiro atoms. The van der Waals surface area contributed by atoms with E-state index in [1.165, 1.54) is 6.08 Å². The van der Waals surface area contributed by atoms with Crippen LogP contribution < -0.4 is 5.32 Å². The van der Waals surface area contributed by atoms with Crippen LogP contribution in [0, 0.1) is 13.8 Å². The summed E-state index contributed by atoms with van der Waals surface area (Å²) in [6, 6.07) is 10.6. The van der Waals surface area contributed by atoms with Crippen molar-refractivity contribution in [2.45, 2.75) is 13.8 Å². The minimum atomic E-state index is -0.614. The number of carbonyl (C=O) groups excluding carboxylic acids is 2. The zero-order chi connectivity index (χ0) is 18.4. The standard InChI is InChI=1S/C19H17Cl2NO3/c1-12-9-13(2)19(16(21)10-12)22-17(23)11-25-18(24)8-5-14-3-6-15(20)7-4-14/h3-10H,11H2,1-2H3,(H,22,23)/b8-5+. The third kappa shape index (κ3) is 5.93. The Balaban J connectivity index is 1.87. The minimum Gasteiger partial charge on any atom is -0.452 e. The summed E-state index contributed by atoms with van der Waals surface area (Å²) in [5.74, 6) is -1.07. The molecule has 0 radical (unpaired) electrons. The Morgan fingerprint density at radius 3 is 2.44 bits per heavy atom. The number of rotatable bonds is 5. The number of carbonyl (C=O) groups is 2. The minimum absolute atomic E-state index is 0.395. The summed E-state index contributed by atoms with van der Waals surface area (Å²) in [5.41, 5.74) is 3.16. The van der Waals surface area contributed by atoms with Crippen LogP contribution in [0.25, 0.3) is 6.08 Å². The van der Waals surface area contributed by atoms with E-state index in [9.17, 15) is 9.59 Å². The maximum Gasteiger partial charge on any atom is 0.331 e. The first-order valence-corrected chi connectivity index (χ1v) is 8.28. The predicted octanol–water partition coefficient (Wildman–Crippen LogP) is 4.81. The molecular weight excluding hydrogens is 361 g/mol. The lowest BCUT2D eigenvalue weighted by Crippen LogP contribution is -2.20. The molecule has 2 rings (SSSR count). The van der Waals surface area contributed by atoms with Gasteiger partial charge in [0.05, 0.1) is 10.7 Å². The lowest BCUT2D eigenvalue weighted by Gasteiger charge is -2.11. The molecule has 0 bridgehead atoms. The second-order valence-corrected chi connectivity index (χ2v) is 6.32. The van der Waals surface area contributed by atoms with Crippen LogP contribution in [0.2, 0.25) is 10.0 Å². The molecule has 4 nitrogen and oxygen atoms in total. The van der Waals surface area contributed by atoms with Crippen molar-refractivity contribution in [2.75, 3.05) is 11.9 Å². The number of anilines is 1. The fourth-order valence-corrected chi connectivity index (χ4v) is 2.67. The van der Waals surface area contributed by atoms with E-state index in [0.29, 0.717) is 15.7 Å². The Morgan fingerprint density at radius 2 is 1.80 bits per heavy atom. The third-order valence-corrected chi connectivity index (χ3v) is 3.87. The topological polar surface area (TPSA) is 55.4 Å². The second-order valence-electron chi connectivity index (χ2n) is 5.48. The SMILES string of the molecule is Cc1cc(C)c(NC(=O)COC(=O)/C=C/c2ccc(Cl)cc2)c(Cl)c1. The molecular formula is C19H17Cl2NO3. The van der Waals surface area contributed by atoms with Gasteiger partial charge < -0.3 is 10.1 Å². The molecule has 0 aliphatic carbocycles. The summed E-state index contributed by atoms with van der Waals surface area (Å²) in [4.78, 5) is 23.6. The predicted molar refractivity (Wildman–Crippen MR) is 101 cm³/mol. The van der Waals surface area contributed by atoms with Crippen molar-refractivity contribution < 1.29 is 14.3 Å². The van der Waals surface area contributed by atoms with E-state index in [1.54, 1.807) is 36.4 Å². The zero-order valence-corrected chi connectivity index (χ0v) is 15.3. The van der Waals surface area contributed by atoms with Gasteiger partial charge in [0.1, 0.15) is 0 Å². The Labute approximate surface area is 156 Å². The first kappa shape index (κ1) is 19.0. The highest BCUT2D eigenvalue weighted by Crippen LogP contribution is 2.27. The van der Waals surface area contributed by atoms with Crippen LogP contribution in [0.5, 0.6) is 0 Å². The molecule has 0 aliphatic heterocycles. The monoisotopic (exact) mass is 377 g/mol. The smallest absolute Gasteiger partial charge is 0.331 e. The second kappa shape index (κ2) is 8.70. The summed E-state index contributed by atoms with van der Waals surface area (Å²) >= 11 is 11.9. The van der Waals surface area contributed by atoms with Crippen LogP contribution in [-0.4, -0.2) is 18.5 Å². The molecule has 2 aromatic rings. The van der Waals surface area contributed by atoms with Gasteiger partial charge in [-0.05, 0) is 54.8 Å².